The van der Waals surface area contributed by atoms with Crippen LogP contribution in [0.2, 0.25) is 0 Å². The minimum absolute atomic E-state index is 0.235. The van der Waals surface area contributed by atoms with Crippen molar-refractivity contribution < 1.29 is 9.32 Å². The van der Waals surface area contributed by atoms with Crippen LogP contribution in [0.3, 0.4) is 0 Å². The standard InChI is InChI=1S/C20H17N7O2/c1-13-10-16(27-29-13)20(28)25-15-7-5-14(6-8-15)24-18-11-19(23-12-22-18)26-17-4-2-3-9-21-17/h2-12H,1H3,(H,25,28)(H2,21,22,23,24,26). The van der Waals surface area contributed by atoms with Gasteiger partial charge in [-0.1, -0.05) is 11.2 Å². The summed E-state index contributed by atoms with van der Waals surface area (Å²) < 4.78 is 4.91. The molecular weight excluding hydrogens is 370 g/mol. The number of hydrogen-bond acceptors (Lipinski definition) is 8. The molecule has 144 valence electrons. The van der Waals surface area contributed by atoms with Crippen LogP contribution >= 0.6 is 0 Å². The average molecular weight is 387 g/mol. The van der Waals surface area contributed by atoms with Gasteiger partial charge in [-0.05, 0) is 43.3 Å². The first-order chi connectivity index (χ1) is 14.2. The van der Waals surface area contributed by atoms with Gasteiger partial charge in [0.05, 0.1) is 0 Å². The molecule has 3 N–H and O–H groups in total. The van der Waals surface area contributed by atoms with Crippen molar-refractivity contribution in [1.29, 1.82) is 0 Å². The molecule has 3 aromatic heterocycles. The lowest BCUT2D eigenvalue weighted by molar-refractivity contribution is 0.101. The van der Waals surface area contributed by atoms with Gasteiger partial charge in [-0.3, -0.25) is 4.79 Å². The van der Waals surface area contributed by atoms with Crippen LogP contribution in [0.5, 0.6) is 0 Å². The van der Waals surface area contributed by atoms with E-state index in [9.17, 15) is 4.79 Å². The highest BCUT2D eigenvalue weighted by atomic mass is 16.5. The second-order valence-corrected chi connectivity index (χ2v) is 6.11. The maximum absolute atomic E-state index is 12.1. The molecule has 29 heavy (non-hydrogen) atoms. The van der Waals surface area contributed by atoms with Crippen molar-refractivity contribution in [2.75, 3.05) is 16.0 Å². The molecule has 4 aromatic rings. The number of rotatable bonds is 6. The van der Waals surface area contributed by atoms with Gasteiger partial charge in [0.25, 0.3) is 5.91 Å². The van der Waals surface area contributed by atoms with Crippen LogP contribution in [-0.2, 0) is 0 Å². The first-order valence-electron chi connectivity index (χ1n) is 8.77. The topological polar surface area (TPSA) is 118 Å². The summed E-state index contributed by atoms with van der Waals surface area (Å²) in [6.07, 6.45) is 3.16. The summed E-state index contributed by atoms with van der Waals surface area (Å²) in [6, 6.07) is 16.2. The summed E-state index contributed by atoms with van der Waals surface area (Å²) >= 11 is 0. The van der Waals surface area contributed by atoms with Gasteiger partial charge in [-0.15, -0.1) is 0 Å². The molecule has 0 atom stereocenters. The van der Waals surface area contributed by atoms with Gasteiger partial charge in [0.15, 0.2) is 5.69 Å². The predicted octanol–water partition coefficient (Wildman–Crippen LogP) is 3.91. The highest BCUT2D eigenvalue weighted by Gasteiger charge is 2.11. The van der Waals surface area contributed by atoms with Crippen molar-refractivity contribution in [2.45, 2.75) is 6.92 Å². The molecule has 0 bridgehead atoms. The maximum atomic E-state index is 12.1. The van der Waals surface area contributed by atoms with Crippen molar-refractivity contribution in [1.82, 2.24) is 20.1 Å². The molecule has 1 amide bonds. The smallest absolute Gasteiger partial charge is 0.277 e. The van der Waals surface area contributed by atoms with E-state index < -0.39 is 0 Å². The Morgan fingerprint density at radius 1 is 0.862 bits per heavy atom. The zero-order valence-corrected chi connectivity index (χ0v) is 15.5. The molecule has 0 saturated carbocycles. The number of hydrogen-bond donors (Lipinski definition) is 3. The fraction of sp³-hybridized carbons (Fsp3) is 0.0500. The summed E-state index contributed by atoms with van der Waals surface area (Å²) in [6.45, 7) is 1.73. The Kier molecular flexibility index (Phi) is 5.10. The molecule has 1 aromatic carbocycles. The summed E-state index contributed by atoms with van der Waals surface area (Å²) in [5.41, 5.74) is 1.68. The molecule has 0 unspecified atom stereocenters. The third-order valence-electron chi connectivity index (χ3n) is 3.86. The molecule has 0 aliphatic heterocycles. The van der Waals surface area contributed by atoms with Gasteiger partial charge in [-0.2, -0.15) is 0 Å². The minimum atomic E-state index is -0.330. The van der Waals surface area contributed by atoms with Crippen molar-refractivity contribution >= 4 is 34.7 Å². The fourth-order valence-electron chi connectivity index (χ4n) is 2.52. The highest BCUT2D eigenvalue weighted by Crippen LogP contribution is 2.20. The van der Waals surface area contributed by atoms with Gasteiger partial charge in [0.1, 0.15) is 29.5 Å². The number of nitrogens with one attached hydrogen (secondary N) is 3. The first kappa shape index (κ1) is 18.1. The molecular formula is C20H17N7O2. The van der Waals surface area contributed by atoms with E-state index in [0.717, 1.165) is 5.69 Å². The Hall–Kier alpha value is -4.27. The zero-order chi connectivity index (χ0) is 20.1. The van der Waals surface area contributed by atoms with Crippen LogP contribution in [0.4, 0.5) is 28.8 Å². The second-order valence-electron chi connectivity index (χ2n) is 6.11. The SMILES string of the molecule is Cc1cc(C(=O)Nc2ccc(Nc3cc(Nc4ccccn4)ncn3)cc2)no1. The summed E-state index contributed by atoms with van der Waals surface area (Å²) in [5.74, 6) is 2.18. The number of anilines is 5. The van der Waals surface area contributed by atoms with E-state index in [2.05, 4.69) is 36.1 Å². The van der Waals surface area contributed by atoms with E-state index in [4.69, 9.17) is 4.52 Å². The van der Waals surface area contributed by atoms with Crippen LogP contribution in [-0.4, -0.2) is 26.0 Å². The molecule has 4 rings (SSSR count). The minimum Gasteiger partial charge on any atom is -0.361 e. The quantitative estimate of drug-likeness (QED) is 0.456. The number of benzene rings is 1. The average Bonchev–Trinajstić information content (AvgIpc) is 3.17. The molecule has 0 spiro atoms. The monoisotopic (exact) mass is 387 g/mol. The Labute approximate surface area is 166 Å². The number of nitrogens with zero attached hydrogens (tertiary/aromatic N) is 4. The van der Waals surface area contributed by atoms with Crippen molar-refractivity contribution in [3.05, 3.63) is 78.6 Å². The lowest BCUT2D eigenvalue weighted by Gasteiger charge is -2.09. The number of aromatic nitrogens is 4. The number of amides is 1. The Balaban J connectivity index is 1.40. The molecule has 9 nitrogen and oxygen atoms in total. The molecule has 0 aliphatic carbocycles. The van der Waals surface area contributed by atoms with E-state index in [1.54, 1.807) is 37.4 Å². The van der Waals surface area contributed by atoms with E-state index in [-0.39, 0.29) is 11.6 Å². The van der Waals surface area contributed by atoms with E-state index in [0.29, 0.717) is 28.9 Å². The van der Waals surface area contributed by atoms with Gasteiger partial charge < -0.3 is 20.5 Å². The Morgan fingerprint density at radius 2 is 1.62 bits per heavy atom. The van der Waals surface area contributed by atoms with Crippen LogP contribution in [0.15, 0.2) is 71.6 Å². The molecule has 0 fully saturated rings. The van der Waals surface area contributed by atoms with Crippen molar-refractivity contribution in [3.63, 3.8) is 0 Å². The van der Waals surface area contributed by atoms with Gasteiger partial charge >= 0.3 is 0 Å². The van der Waals surface area contributed by atoms with Crippen LogP contribution < -0.4 is 16.0 Å². The fourth-order valence-corrected chi connectivity index (χ4v) is 2.52. The predicted molar refractivity (Wildman–Crippen MR) is 108 cm³/mol. The van der Waals surface area contributed by atoms with Gasteiger partial charge in [-0.25, -0.2) is 15.0 Å². The number of carbonyl (C=O) groups is 1. The molecule has 0 radical (unpaired) electrons. The van der Waals surface area contributed by atoms with Crippen LogP contribution in [0.1, 0.15) is 16.2 Å². The van der Waals surface area contributed by atoms with Gasteiger partial charge in [0.2, 0.25) is 0 Å². The largest absolute Gasteiger partial charge is 0.361 e. The van der Waals surface area contributed by atoms with E-state index in [1.807, 2.05) is 30.3 Å². The van der Waals surface area contributed by atoms with Gasteiger partial charge in [0, 0.05) is 29.7 Å². The number of carbonyl (C=O) groups excluding carboxylic acids is 1. The summed E-state index contributed by atoms with van der Waals surface area (Å²) in [4.78, 5) is 24.7. The third kappa shape index (κ3) is 4.72. The highest BCUT2D eigenvalue weighted by molar-refractivity contribution is 6.02. The maximum Gasteiger partial charge on any atom is 0.277 e. The Bertz CT molecular complexity index is 1110. The van der Waals surface area contributed by atoms with Crippen LogP contribution in [0, 0.1) is 6.92 Å². The summed E-state index contributed by atoms with van der Waals surface area (Å²) in [5, 5.41) is 12.8. The van der Waals surface area contributed by atoms with Crippen molar-refractivity contribution in [2.24, 2.45) is 0 Å². The van der Waals surface area contributed by atoms with Crippen molar-refractivity contribution in [3.8, 4) is 0 Å². The van der Waals surface area contributed by atoms with E-state index >= 15 is 0 Å². The third-order valence-corrected chi connectivity index (χ3v) is 3.86. The molecule has 9 heteroatoms. The Morgan fingerprint density at radius 3 is 2.31 bits per heavy atom. The number of aryl methyl sites for hydroxylation is 1. The second kappa shape index (κ2) is 8.17. The molecule has 0 aliphatic rings. The lowest BCUT2D eigenvalue weighted by atomic mass is 10.2. The normalized spacial score (nSPS) is 10.4. The molecule has 3 heterocycles. The number of pyridine rings is 1. The lowest BCUT2D eigenvalue weighted by Crippen LogP contribution is -2.12. The van der Waals surface area contributed by atoms with Crippen LogP contribution in [0.25, 0.3) is 0 Å². The van der Waals surface area contributed by atoms with E-state index in [1.165, 1.54) is 6.33 Å². The molecule has 0 saturated heterocycles. The zero-order valence-electron chi connectivity index (χ0n) is 15.5. The summed E-state index contributed by atoms with van der Waals surface area (Å²) in [7, 11) is 0. The first-order valence-corrected chi connectivity index (χ1v) is 8.77.